The summed E-state index contributed by atoms with van der Waals surface area (Å²) < 4.78 is 5.33. The minimum Gasteiger partial charge on any atom is -0.458 e. The number of allylic oxidation sites excluding steroid dienone is 2. The maximum Gasteiger partial charge on any atom is 0.337 e. The van der Waals surface area contributed by atoms with Crippen LogP contribution < -0.4 is 10.6 Å². The monoisotopic (exact) mass is 487 g/mol. The fourth-order valence-electron chi connectivity index (χ4n) is 3.76. The van der Waals surface area contributed by atoms with E-state index >= 15 is 0 Å². The predicted molar refractivity (Wildman–Crippen MR) is 141 cm³/mol. The minimum atomic E-state index is -0.607. The SMILES string of the molecule is C=CCOC(=O)C1=C(C)NC(SCC(=O)Nc2ccc(C)c(C)c2)=C(C#N)[C@@H]1c1ccc(C)cc1. The average molecular weight is 488 g/mol. The molecule has 0 saturated carbocycles. The van der Waals surface area contributed by atoms with Gasteiger partial charge in [0.25, 0.3) is 0 Å². The summed E-state index contributed by atoms with van der Waals surface area (Å²) in [7, 11) is 0. The number of anilines is 1. The third-order valence-electron chi connectivity index (χ3n) is 5.75. The van der Waals surface area contributed by atoms with Gasteiger partial charge >= 0.3 is 5.97 Å². The number of benzene rings is 2. The number of nitrogens with one attached hydrogen (secondary N) is 2. The summed E-state index contributed by atoms with van der Waals surface area (Å²) in [5.41, 5.74) is 6.17. The molecule has 0 aromatic heterocycles. The van der Waals surface area contributed by atoms with Gasteiger partial charge in [-0.05, 0) is 56.5 Å². The van der Waals surface area contributed by atoms with Gasteiger partial charge in [0, 0.05) is 11.4 Å². The van der Waals surface area contributed by atoms with Crippen LogP contribution in [0.1, 0.15) is 35.1 Å². The molecule has 0 unspecified atom stereocenters. The largest absolute Gasteiger partial charge is 0.458 e. The lowest BCUT2D eigenvalue weighted by atomic mass is 9.82. The Morgan fingerprint density at radius 2 is 1.86 bits per heavy atom. The number of rotatable bonds is 8. The van der Waals surface area contributed by atoms with E-state index < -0.39 is 11.9 Å². The predicted octanol–water partition coefficient (Wildman–Crippen LogP) is 5.41. The summed E-state index contributed by atoms with van der Waals surface area (Å²) >= 11 is 1.23. The van der Waals surface area contributed by atoms with Gasteiger partial charge in [-0.1, -0.05) is 60.3 Å². The molecule has 1 atom stereocenters. The molecule has 3 rings (SSSR count). The van der Waals surface area contributed by atoms with Gasteiger partial charge in [0.05, 0.1) is 33.9 Å². The smallest absolute Gasteiger partial charge is 0.337 e. The first-order chi connectivity index (χ1) is 16.7. The number of dihydropyridines is 1. The van der Waals surface area contributed by atoms with Crippen molar-refractivity contribution in [1.82, 2.24) is 5.32 Å². The highest BCUT2D eigenvalue weighted by molar-refractivity contribution is 8.03. The molecule has 180 valence electrons. The summed E-state index contributed by atoms with van der Waals surface area (Å²) in [5.74, 6) is -1.20. The highest BCUT2D eigenvalue weighted by Crippen LogP contribution is 2.41. The second kappa shape index (κ2) is 11.6. The number of aryl methyl sites for hydroxylation is 3. The van der Waals surface area contributed by atoms with Gasteiger partial charge in [-0.15, -0.1) is 0 Å². The summed E-state index contributed by atoms with van der Waals surface area (Å²) in [5, 5.41) is 16.7. The fraction of sp³-hybridized carbons (Fsp3) is 0.250. The van der Waals surface area contributed by atoms with Gasteiger partial charge in [0.15, 0.2) is 0 Å². The number of carbonyl (C=O) groups is 2. The van der Waals surface area contributed by atoms with Gasteiger partial charge in [0.1, 0.15) is 6.61 Å². The van der Waals surface area contributed by atoms with Gasteiger partial charge in [0.2, 0.25) is 5.91 Å². The van der Waals surface area contributed by atoms with Crippen molar-refractivity contribution in [2.45, 2.75) is 33.6 Å². The number of amides is 1. The number of hydrogen-bond donors (Lipinski definition) is 2. The number of thioether (sulfide) groups is 1. The van der Waals surface area contributed by atoms with Crippen LogP contribution in [0.3, 0.4) is 0 Å². The molecule has 7 heteroatoms. The normalized spacial score (nSPS) is 15.2. The molecule has 2 N–H and O–H groups in total. The van der Waals surface area contributed by atoms with Crippen LogP contribution in [0.15, 0.2) is 77.0 Å². The molecule has 6 nitrogen and oxygen atoms in total. The van der Waals surface area contributed by atoms with Crippen molar-refractivity contribution >= 4 is 29.3 Å². The highest BCUT2D eigenvalue weighted by atomic mass is 32.2. The van der Waals surface area contributed by atoms with Crippen molar-refractivity contribution in [2.24, 2.45) is 0 Å². The second-order valence-electron chi connectivity index (χ2n) is 8.39. The number of ether oxygens (including phenoxy) is 1. The molecule has 0 saturated heterocycles. The van der Waals surface area contributed by atoms with E-state index in [1.165, 1.54) is 17.8 Å². The van der Waals surface area contributed by atoms with Crippen LogP contribution in [-0.4, -0.2) is 24.2 Å². The molecule has 35 heavy (non-hydrogen) atoms. The van der Waals surface area contributed by atoms with Crippen molar-refractivity contribution in [3.63, 3.8) is 0 Å². The average Bonchev–Trinajstić information content (AvgIpc) is 2.83. The number of esters is 1. The molecular weight excluding hydrogens is 458 g/mol. The van der Waals surface area contributed by atoms with Gasteiger partial charge in [-0.3, -0.25) is 4.79 Å². The molecule has 0 bridgehead atoms. The van der Waals surface area contributed by atoms with E-state index in [2.05, 4.69) is 23.3 Å². The Kier molecular flexibility index (Phi) is 8.56. The zero-order valence-electron chi connectivity index (χ0n) is 20.4. The van der Waals surface area contributed by atoms with Crippen LogP contribution in [-0.2, 0) is 14.3 Å². The van der Waals surface area contributed by atoms with Crippen LogP contribution in [0, 0.1) is 32.1 Å². The van der Waals surface area contributed by atoms with E-state index in [0.29, 0.717) is 21.9 Å². The lowest BCUT2D eigenvalue weighted by Crippen LogP contribution is -2.29. The quantitative estimate of drug-likeness (QED) is 0.382. The Labute approximate surface area is 210 Å². The zero-order valence-corrected chi connectivity index (χ0v) is 21.2. The maximum absolute atomic E-state index is 12.9. The van der Waals surface area contributed by atoms with Crippen LogP contribution in [0.25, 0.3) is 0 Å². The number of carbonyl (C=O) groups excluding carboxylic acids is 2. The Hall–Kier alpha value is -3.76. The van der Waals surface area contributed by atoms with E-state index in [1.807, 2.05) is 63.2 Å². The Balaban J connectivity index is 1.88. The second-order valence-corrected chi connectivity index (χ2v) is 9.37. The molecule has 0 aliphatic carbocycles. The van der Waals surface area contributed by atoms with Crippen LogP contribution in [0.4, 0.5) is 5.69 Å². The highest BCUT2D eigenvalue weighted by Gasteiger charge is 2.35. The van der Waals surface area contributed by atoms with Crippen LogP contribution in [0.5, 0.6) is 0 Å². The summed E-state index contributed by atoms with van der Waals surface area (Å²) in [6.07, 6.45) is 1.50. The summed E-state index contributed by atoms with van der Waals surface area (Å²) in [6.45, 7) is 11.4. The molecule has 0 fully saturated rings. The molecular formula is C28H29N3O3S. The molecule has 1 aliphatic heterocycles. The zero-order chi connectivity index (χ0) is 25.5. The summed E-state index contributed by atoms with van der Waals surface area (Å²) in [4.78, 5) is 25.6. The first-order valence-electron chi connectivity index (χ1n) is 11.2. The first kappa shape index (κ1) is 25.9. The molecule has 0 spiro atoms. The Bertz CT molecular complexity index is 1250. The van der Waals surface area contributed by atoms with E-state index in [4.69, 9.17) is 4.74 Å². The number of hydrogen-bond acceptors (Lipinski definition) is 6. The maximum atomic E-state index is 12.9. The third kappa shape index (κ3) is 6.23. The molecule has 1 aliphatic rings. The Morgan fingerprint density at radius 3 is 2.49 bits per heavy atom. The molecule has 2 aromatic carbocycles. The van der Waals surface area contributed by atoms with Gasteiger partial charge in [-0.25, -0.2) is 4.79 Å². The van der Waals surface area contributed by atoms with Crippen molar-refractivity contribution < 1.29 is 14.3 Å². The molecule has 1 heterocycles. The molecule has 2 aromatic rings. The van der Waals surface area contributed by atoms with Crippen molar-refractivity contribution in [3.8, 4) is 6.07 Å². The Morgan fingerprint density at radius 1 is 1.14 bits per heavy atom. The van der Waals surface area contributed by atoms with Crippen molar-refractivity contribution in [2.75, 3.05) is 17.7 Å². The van der Waals surface area contributed by atoms with Crippen LogP contribution in [0.2, 0.25) is 0 Å². The van der Waals surface area contributed by atoms with Gasteiger partial charge in [-0.2, -0.15) is 5.26 Å². The minimum absolute atomic E-state index is 0.0715. The standard InChI is InChI=1S/C28H29N3O3S/c1-6-13-34-28(33)25-20(5)30-27(23(15-29)26(25)21-10-7-17(2)8-11-21)35-16-24(32)31-22-12-9-18(3)19(4)14-22/h6-12,14,26,30H,1,13,16H2,2-5H3,(H,31,32)/t26-/m0/s1. The lowest BCUT2D eigenvalue weighted by Gasteiger charge is -2.29. The number of nitrogens with zero attached hydrogens (tertiary/aromatic N) is 1. The summed E-state index contributed by atoms with van der Waals surface area (Å²) in [6, 6.07) is 15.7. The molecule has 1 amide bonds. The van der Waals surface area contributed by atoms with E-state index in [9.17, 15) is 14.9 Å². The van der Waals surface area contributed by atoms with Crippen molar-refractivity contribution in [3.05, 3.63) is 99.2 Å². The van der Waals surface area contributed by atoms with E-state index in [-0.39, 0.29) is 18.3 Å². The third-order valence-corrected chi connectivity index (χ3v) is 6.77. The first-order valence-corrected chi connectivity index (χ1v) is 12.2. The van der Waals surface area contributed by atoms with Crippen LogP contribution >= 0.6 is 11.8 Å². The lowest BCUT2D eigenvalue weighted by molar-refractivity contribution is -0.138. The van der Waals surface area contributed by atoms with Crippen molar-refractivity contribution in [1.29, 1.82) is 5.26 Å². The topological polar surface area (TPSA) is 91.2 Å². The molecule has 0 radical (unpaired) electrons. The van der Waals surface area contributed by atoms with E-state index in [0.717, 1.165) is 27.9 Å². The number of nitriles is 1. The van der Waals surface area contributed by atoms with Gasteiger partial charge < -0.3 is 15.4 Å². The van der Waals surface area contributed by atoms with E-state index in [1.54, 1.807) is 6.92 Å². The fourth-order valence-corrected chi connectivity index (χ4v) is 4.65.